The minimum atomic E-state index is -0.119. The predicted octanol–water partition coefficient (Wildman–Crippen LogP) is 6.98. The predicted molar refractivity (Wildman–Crippen MR) is 101 cm³/mol. The summed E-state index contributed by atoms with van der Waals surface area (Å²) in [6.45, 7) is 9.24. The number of halogens is 1. The fourth-order valence-corrected chi connectivity index (χ4v) is 4.33. The molecule has 1 aliphatic rings. The molecule has 3 rings (SSSR count). The third kappa shape index (κ3) is 3.41. The van der Waals surface area contributed by atoms with E-state index in [1.165, 1.54) is 30.4 Å². The van der Waals surface area contributed by atoms with Gasteiger partial charge in [-0.3, -0.25) is 0 Å². The van der Waals surface area contributed by atoms with Gasteiger partial charge in [-0.15, -0.1) is 0 Å². The summed E-state index contributed by atoms with van der Waals surface area (Å²) in [5.41, 5.74) is 4.84. The van der Waals surface area contributed by atoms with E-state index in [0.29, 0.717) is 11.8 Å². The van der Waals surface area contributed by atoms with Crippen LogP contribution in [0.3, 0.4) is 0 Å². The van der Waals surface area contributed by atoms with E-state index < -0.39 is 0 Å². The third-order valence-corrected chi connectivity index (χ3v) is 5.56. The van der Waals surface area contributed by atoms with E-state index in [4.69, 9.17) is 0 Å². The van der Waals surface area contributed by atoms with Crippen LogP contribution in [0.2, 0.25) is 0 Å². The molecule has 0 bridgehead atoms. The molecule has 2 aromatic carbocycles. The van der Waals surface area contributed by atoms with Gasteiger partial charge in [0.05, 0.1) is 0 Å². The summed E-state index contributed by atoms with van der Waals surface area (Å²) in [6.07, 6.45) is 4.81. The van der Waals surface area contributed by atoms with E-state index in [1.807, 2.05) is 12.1 Å². The van der Waals surface area contributed by atoms with Gasteiger partial charge in [-0.1, -0.05) is 70.5 Å². The van der Waals surface area contributed by atoms with E-state index in [9.17, 15) is 4.39 Å². The average Bonchev–Trinajstić information content (AvgIpc) is 2.87. The van der Waals surface area contributed by atoms with Crippen molar-refractivity contribution in [2.45, 2.75) is 59.3 Å². The second-order valence-electron chi connectivity index (χ2n) is 8.43. The van der Waals surface area contributed by atoms with Gasteiger partial charge in [0.15, 0.2) is 0 Å². The van der Waals surface area contributed by atoms with E-state index in [2.05, 4.69) is 45.9 Å². The molecule has 0 heterocycles. The molecule has 0 radical (unpaired) electrons. The fourth-order valence-electron chi connectivity index (χ4n) is 4.33. The molecule has 2 aromatic rings. The molecule has 0 saturated heterocycles. The fraction of sp³-hybridized carbons (Fsp3) is 0.478. The van der Waals surface area contributed by atoms with Crippen molar-refractivity contribution in [1.82, 2.24) is 0 Å². The first-order valence-electron chi connectivity index (χ1n) is 9.26. The van der Waals surface area contributed by atoms with Crippen LogP contribution in [0.1, 0.15) is 64.0 Å². The van der Waals surface area contributed by atoms with E-state index in [1.54, 1.807) is 12.1 Å². The molecule has 1 saturated carbocycles. The Morgan fingerprint density at radius 3 is 2.46 bits per heavy atom. The van der Waals surface area contributed by atoms with E-state index in [-0.39, 0.29) is 11.2 Å². The Bertz CT molecular complexity index is 712. The molecule has 0 nitrogen and oxygen atoms in total. The van der Waals surface area contributed by atoms with Crippen LogP contribution in [0, 0.1) is 17.2 Å². The quantitative estimate of drug-likeness (QED) is 0.569. The van der Waals surface area contributed by atoms with Gasteiger partial charge in [-0.2, -0.15) is 0 Å². The van der Waals surface area contributed by atoms with Crippen LogP contribution < -0.4 is 0 Å². The lowest BCUT2D eigenvalue weighted by molar-refractivity contribution is 0.332. The lowest BCUT2D eigenvalue weighted by Crippen LogP contribution is -2.16. The van der Waals surface area contributed by atoms with Crippen LogP contribution in [0.25, 0.3) is 11.1 Å². The second kappa shape index (κ2) is 6.70. The van der Waals surface area contributed by atoms with Gasteiger partial charge in [0.2, 0.25) is 0 Å². The maximum Gasteiger partial charge on any atom is 0.131 e. The summed E-state index contributed by atoms with van der Waals surface area (Å²) < 4.78 is 14.4. The first-order chi connectivity index (χ1) is 11.4. The van der Waals surface area contributed by atoms with Crippen molar-refractivity contribution in [1.29, 1.82) is 0 Å². The van der Waals surface area contributed by atoms with Crippen molar-refractivity contribution in [3.8, 4) is 11.1 Å². The molecule has 1 atom stereocenters. The van der Waals surface area contributed by atoms with Crippen LogP contribution in [-0.4, -0.2) is 0 Å². The summed E-state index contributed by atoms with van der Waals surface area (Å²) in [4.78, 5) is 0. The lowest BCUT2D eigenvalue weighted by Gasteiger charge is -2.30. The van der Waals surface area contributed by atoms with Crippen LogP contribution in [0.5, 0.6) is 0 Å². The van der Waals surface area contributed by atoms with Crippen molar-refractivity contribution in [2.24, 2.45) is 11.3 Å². The van der Waals surface area contributed by atoms with Crippen LogP contribution in [0.15, 0.2) is 42.5 Å². The normalized spacial score (nSPS) is 19.8. The SMILES string of the molecule is CC(C)Cc1ccc(-c2ccccc2F)c([C@@H]2CCCC2(C)C)c1. The van der Waals surface area contributed by atoms with Crippen molar-refractivity contribution < 1.29 is 4.39 Å². The van der Waals surface area contributed by atoms with Gasteiger partial charge >= 0.3 is 0 Å². The first kappa shape index (κ1) is 17.2. The highest BCUT2D eigenvalue weighted by Gasteiger charge is 2.37. The smallest absolute Gasteiger partial charge is 0.131 e. The molecule has 0 spiro atoms. The molecule has 0 amide bonds. The third-order valence-electron chi connectivity index (χ3n) is 5.56. The topological polar surface area (TPSA) is 0 Å². The molecule has 0 aromatic heterocycles. The molecule has 1 heteroatoms. The Hall–Kier alpha value is -1.63. The van der Waals surface area contributed by atoms with Crippen LogP contribution in [0.4, 0.5) is 4.39 Å². The summed E-state index contributed by atoms with van der Waals surface area (Å²) in [6, 6.07) is 13.9. The van der Waals surface area contributed by atoms with Gasteiger partial charge < -0.3 is 0 Å². The Kier molecular flexibility index (Phi) is 4.80. The highest BCUT2D eigenvalue weighted by atomic mass is 19.1. The molecule has 24 heavy (non-hydrogen) atoms. The Balaban J connectivity index is 2.13. The van der Waals surface area contributed by atoms with E-state index >= 15 is 0 Å². The highest BCUT2D eigenvalue weighted by Crippen LogP contribution is 2.51. The minimum Gasteiger partial charge on any atom is -0.206 e. The Morgan fingerprint density at radius 2 is 1.83 bits per heavy atom. The lowest BCUT2D eigenvalue weighted by atomic mass is 9.75. The van der Waals surface area contributed by atoms with Crippen LogP contribution in [-0.2, 0) is 6.42 Å². The zero-order chi connectivity index (χ0) is 17.3. The first-order valence-corrected chi connectivity index (χ1v) is 9.26. The molecule has 1 fully saturated rings. The van der Waals surface area contributed by atoms with Gasteiger partial charge in [0, 0.05) is 5.56 Å². The number of benzene rings is 2. The standard InChI is InChI=1S/C23H29F/c1-16(2)14-17-11-12-18(19-8-5-6-10-22(19)24)20(15-17)21-9-7-13-23(21,3)4/h5-6,8,10-12,15-16,21H,7,9,13-14H2,1-4H3/t21-/m0/s1. The molecule has 0 aliphatic heterocycles. The zero-order valence-corrected chi connectivity index (χ0v) is 15.4. The molecular formula is C23H29F. The monoisotopic (exact) mass is 324 g/mol. The second-order valence-corrected chi connectivity index (χ2v) is 8.43. The molecule has 0 N–H and O–H groups in total. The van der Waals surface area contributed by atoms with Gasteiger partial charge in [0.1, 0.15) is 5.82 Å². The Morgan fingerprint density at radius 1 is 1.08 bits per heavy atom. The van der Waals surface area contributed by atoms with E-state index in [0.717, 1.165) is 17.5 Å². The zero-order valence-electron chi connectivity index (χ0n) is 15.4. The maximum absolute atomic E-state index is 14.4. The molecular weight excluding hydrogens is 295 g/mol. The summed E-state index contributed by atoms with van der Waals surface area (Å²) >= 11 is 0. The molecule has 1 aliphatic carbocycles. The van der Waals surface area contributed by atoms with Gasteiger partial charge in [0.25, 0.3) is 0 Å². The van der Waals surface area contributed by atoms with Crippen molar-refractivity contribution >= 4 is 0 Å². The van der Waals surface area contributed by atoms with Gasteiger partial charge in [-0.05, 0) is 59.3 Å². The van der Waals surface area contributed by atoms with Crippen molar-refractivity contribution in [3.05, 3.63) is 59.4 Å². The van der Waals surface area contributed by atoms with Crippen molar-refractivity contribution in [2.75, 3.05) is 0 Å². The molecule has 0 unspecified atom stereocenters. The summed E-state index contributed by atoms with van der Waals surface area (Å²) in [5.74, 6) is 1.03. The largest absolute Gasteiger partial charge is 0.206 e. The average molecular weight is 324 g/mol. The number of rotatable bonds is 4. The Labute approximate surface area is 146 Å². The van der Waals surface area contributed by atoms with Gasteiger partial charge in [-0.25, -0.2) is 4.39 Å². The minimum absolute atomic E-state index is 0.119. The van der Waals surface area contributed by atoms with Crippen LogP contribution >= 0.6 is 0 Å². The summed E-state index contributed by atoms with van der Waals surface area (Å²) in [7, 11) is 0. The number of hydrogen-bond donors (Lipinski definition) is 0. The number of hydrogen-bond acceptors (Lipinski definition) is 0. The maximum atomic E-state index is 14.4. The van der Waals surface area contributed by atoms with Crippen molar-refractivity contribution in [3.63, 3.8) is 0 Å². The highest BCUT2D eigenvalue weighted by molar-refractivity contribution is 5.69. The molecule has 128 valence electrons. The summed E-state index contributed by atoms with van der Waals surface area (Å²) in [5, 5.41) is 0.